The van der Waals surface area contributed by atoms with Gasteiger partial charge in [-0.1, -0.05) is 19.2 Å². The number of nitrogens with two attached hydrogens (primary N) is 1. The molecule has 0 spiro atoms. The molecule has 0 saturated heterocycles. The number of aliphatic imine (C=N–C) groups is 1. The fourth-order valence-electron chi connectivity index (χ4n) is 0.459. The lowest BCUT2D eigenvalue weighted by Crippen LogP contribution is -2.06. The smallest absolute Gasteiger partial charge is 0.0601 e. The minimum Gasteiger partial charge on any atom is -0.397 e. The number of rotatable bonds is 3. The molecule has 54 valence electrons. The molecular formula is C8H12N2. The summed E-state index contributed by atoms with van der Waals surface area (Å²) in [5.41, 5.74) is 6.90. The van der Waals surface area contributed by atoms with Crippen molar-refractivity contribution in [3.63, 3.8) is 0 Å². The standard InChI is InChI=1S/C8H12N2/c1-4-6-8(9)7(3)10-5-2/h4-6H,1-2,9H2,3H3/b8-6+,10-7?. The van der Waals surface area contributed by atoms with E-state index in [1.165, 1.54) is 6.20 Å². The zero-order valence-electron chi connectivity index (χ0n) is 6.17. The van der Waals surface area contributed by atoms with Gasteiger partial charge >= 0.3 is 0 Å². The molecule has 2 heteroatoms. The molecular weight excluding hydrogens is 124 g/mol. The van der Waals surface area contributed by atoms with E-state index in [0.717, 1.165) is 5.71 Å². The molecule has 0 radical (unpaired) electrons. The first kappa shape index (κ1) is 8.69. The molecule has 0 bridgehead atoms. The molecule has 0 aliphatic rings. The van der Waals surface area contributed by atoms with E-state index >= 15 is 0 Å². The van der Waals surface area contributed by atoms with Crippen molar-refractivity contribution in [1.29, 1.82) is 0 Å². The van der Waals surface area contributed by atoms with Gasteiger partial charge in [-0.25, -0.2) is 0 Å². The van der Waals surface area contributed by atoms with Gasteiger partial charge in [-0.2, -0.15) is 0 Å². The van der Waals surface area contributed by atoms with Crippen LogP contribution < -0.4 is 5.73 Å². The molecule has 0 aliphatic heterocycles. The molecule has 0 amide bonds. The van der Waals surface area contributed by atoms with Gasteiger partial charge in [0.1, 0.15) is 0 Å². The van der Waals surface area contributed by atoms with Crippen LogP contribution in [0.25, 0.3) is 0 Å². The Bertz CT molecular complexity index is 165. The molecule has 0 aliphatic carbocycles. The summed E-state index contributed by atoms with van der Waals surface area (Å²) in [5.74, 6) is 0. The lowest BCUT2D eigenvalue weighted by Gasteiger charge is -1.95. The number of allylic oxidation sites excluding steroid dienone is 3. The summed E-state index contributed by atoms with van der Waals surface area (Å²) in [6.07, 6.45) is 4.78. The van der Waals surface area contributed by atoms with Gasteiger partial charge in [-0.3, -0.25) is 4.99 Å². The molecule has 0 aromatic heterocycles. The van der Waals surface area contributed by atoms with E-state index in [4.69, 9.17) is 5.73 Å². The van der Waals surface area contributed by atoms with Crippen molar-refractivity contribution in [3.05, 3.63) is 37.2 Å². The molecule has 0 rings (SSSR count). The second-order valence-corrected chi connectivity index (χ2v) is 1.75. The van der Waals surface area contributed by atoms with Gasteiger partial charge in [0, 0.05) is 6.20 Å². The van der Waals surface area contributed by atoms with Gasteiger partial charge in [0.2, 0.25) is 0 Å². The van der Waals surface area contributed by atoms with Crippen LogP contribution in [-0.2, 0) is 0 Å². The Hall–Kier alpha value is -1.31. The summed E-state index contributed by atoms with van der Waals surface area (Å²) in [5, 5.41) is 0. The maximum Gasteiger partial charge on any atom is 0.0601 e. The van der Waals surface area contributed by atoms with Crippen LogP contribution in [0.2, 0.25) is 0 Å². The Kier molecular flexibility index (Phi) is 3.96. The predicted octanol–water partition coefficient (Wildman–Crippen LogP) is 1.62. The van der Waals surface area contributed by atoms with E-state index in [9.17, 15) is 0 Å². The molecule has 2 nitrogen and oxygen atoms in total. The summed E-state index contributed by atoms with van der Waals surface area (Å²) in [6, 6.07) is 0. The molecule has 2 N–H and O–H groups in total. The van der Waals surface area contributed by atoms with Crippen molar-refractivity contribution in [1.82, 2.24) is 0 Å². The Labute approximate surface area is 61.5 Å². The number of hydrogen-bond donors (Lipinski definition) is 1. The Morgan fingerprint density at radius 3 is 2.50 bits per heavy atom. The van der Waals surface area contributed by atoms with Gasteiger partial charge in [-0.15, -0.1) is 0 Å². The molecule has 0 aromatic rings. The second kappa shape index (κ2) is 4.56. The van der Waals surface area contributed by atoms with Crippen LogP contribution in [0.3, 0.4) is 0 Å². The van der Waals surface area contributed by atoms with Crippen LogP contribution in [0.1, 0.15) is 6.92 Å². The minimum atomic E-state index is 0.620. The summed E-state index contributed by atoms with van der Waals surface area (Å²) < 4.78 is 0. The highest BCUT2D eigenvalue weighted by Crippen LogP contribution is 1.89. The normalized spacial score (nSPS) is 12.9. The van der Waals surface area contributed by atoms with Gasteiger partial charge in [0.05, 0.1) is 11.4 Å². The summed E-state index contributed by atoms with van der Waals surface area (Å²) in [4.78, 5) is 3.88. The maximum absolute atomic E-state index is 5.53. The highest BCUT2D eigenvalue weighted by molar-refractivity contribution is 5.97. The lowest BCUT2D eigenvalue weighted by atomic mass is 10.3. The number of hydrogen-bond acceptors (Lipinski definition) is 2. The fourth-order valence-corrected chi connectivity index (χ4v) is 0.459. The molecule has 0 saturated carbocycles. The average molecular weight is 136 g/mol. The third-order valence-electron chi connectivity index (χ3n) is 1.00. The third kappa shape index (κ3) is 2.87. The van der Waals surface area contributed by atoms with Crippen LogP contribution >= 0.6 is 0 Å². The highest BCUT2D eigenvalue weighted by Gasteiger charge is 1.89. The monoisotopic (exact) mass is 136 g/mol. The first-order valence-corrected chi connectivity index (χ1v) is 2.96. The predicted molar refractivity (Wildman–Crippen MR) is 45.8 cm³/mol. The summed E-state index contributed by atoms with van der Waals surface area (Å²) >= 11 is 0. The Morgan fingerprint density at radius 1 is 1.50 bits per heavy atom. The zero-order valence-corrected chi connectivity index (χ0v) is 6.17. The molecule has 0 aromatic carbocycles. The molecule has 10 heavy (non-hydrogen) atoms. The van der Waals surface area contributed by atoms with Crippen molar-refractivity contribution in [2.24, 2.45) is 10.7 Å². The summed E-state index contributed by atoms with van der Waals surface area (Å²) in [7, 11) is 0. The quantitative estimate of drug-likeness (QED) is 0.464. The molecule has 0 heterocycles. The van der Waals surface area contributed by atoms with Crippen molar-refractivity contribution < 1.29 is 0 Å². The second-order valence-electron chi connectivity index (χ2n) is 1.75. The van der Waals surface area contributed by atoms with E-state index in [0.29, 0.717) is 5.70 Å². The fraction of sp³-hybridized carbons (Fsp3) is 0.125. The molecule has 0 unspecified atom stereocenters. The van der Waals surface area contributed by atoms with Crippen LogP contribution in [0, 0.1) is 0 Å². The van der Waals surface area contributed by atoms with Gasteiger partial charge in [-0.05, 0) is 13.0 Å². The van der Waals surface area contributed by atoms with Gasteiger partial charge in [0.25, 0.3) is 0 Å². The molecule has 0 atom stereocenters. The number of nitrogens with zero attached hydrogens (tertiary/aromatic N) is 1. The first-order chi connectivity index (χ1) is 4.72. The highest BCUT2D eigenvalue weighted by atomic mass is 14.7. The van der Waals surface area contributed by atoms with Crippen LogP contribution in [0.5, 0.6) is 0 Å². The van der Waals surface area contributed by atoms with E-state index in [-0.39, 0.29) is 0 Å². The van der Waals surface area contributed by atoms with E-state index in [1.54, 1.807) is 12.2 Å². The Morgan fingerprint density at radius 2 is 2.10 bits per heavy atom. The zero-order chi connectivity index (χ0) is 7.98. The van der Waals surface area contributed by atoms with Crippen molar-refractivity contribution in [2.45, 2.75) is 6.92 Å². The van der Waals surface area contributed by atoms with Crippen molar-refractivity contribution >= 4 is 5.71 Å². The first-order valence-electron chi connectivity index (χ1n) is 2.96. The van der Waals surface area contributed by atoms with E-state index < -0.39 is 0 Å². The van der Waals surface area contributed by atoms with Crippen molar-refractivity contribution in [3.8, 4) is 0 Å². The summed E-state index contributed by atoms with van der Waals surface area (Å²) in [6.45, 7) is 8.77. The molecule has 0 fully saturated rings. The van der Waals surface area contributed by atoms with Crippen molar-refractivity contribution in [2.75, 3.05) is 0 Å². The van der Waals surface area contributed by atoms with Crippen LogP contribution in [0.4, 0.5) is 0 Å². The maximum atomic E-state index is 5.53. The van der Waals surface area contributed by atoms with Gasteiger partial charge < -0.3 is 5.73 Å². The SMILES string of the molecule is C=C/C=C(/N)C(C)=NC=C. The van der Waals surface area contributed by atoms with E-state index in [1.807, 2.05) is 6.92 Å². The van der Waals surface area contributed by atoms with Crippen LogP contribution in [-0.4, -0.2) is 5.71 Å². The van der Waals surface area contributed by atoms with Gasteiger partial charge in [0.15, 0.2) is 0 Å². The third-order valence-corrected chi connectivity index (χ3v) is 1.00. The largest absolute Gasteiger partial charge is 0.397 e. The average Bonchev–Trinajstić information content (AvgIpc) is 1.89. The Balaban J connectivity index is 4.33. The topological polar surface area (TPSA) is 38.4 Å². The minimum absolute atomic E-state index is 0.620. The van der Waals surface area contributed by atoms with E-state index in [2.05, 4.69) is 18.2 Å². The lowest BCUT2D eigenvalue weighted by molar-refractivity contribution is 1.41. The van der Waals surface area contributed by atoms with Crippen LogP contribution in [0.15, 0.2) is 42.2 Å².